The molecule has 2 aromatic heterocycles. The zero-order chi connectivity index (χ0) is 35.1. The molecule has 0 saturated carbocycles. The Kier molecular flexibility index (Phi) is 7.58. The minimum Gasteiger partial charge on any atom is -0.456 e. The van der Waals surface area contributed by atoms with Gasteiger partial charge in [0.2, 0.25) is 0 Å². The molecule has 0 unspecified atom stereocenters. The van der Waals surface area contributed by atoms with Gasteiger partial charge in [-0.2, -0.15) is 0 Å². The Morgan fingerprint density at radius 1 is 0.415 bits per heavy atom. The standard InChI is InChI=1S/C49H33N3O/c1-4-12-32(13-5-1)33-20-24-37(25-21-33)48-50-47(36-16-8-3-9-17-36)51-49(52-48)38-26-22-34(23-27-38)41-29-42(35-14-6-2-7-15-35)46-43-28-39-18-10-11-19-40(39)30-44(43)53-45(46)31-41/h2-4,6-31H,1,5H2. The van der Waals surface area contributed by atoms with Gasteiger partial charge in [-0.25, -0.2) is 15.0 Å². The Bertz CT molecular complexity index is 2850. The van der Waals surface area contributed by atoms with Crippen molar-refractivity contribution in [2.45, 2.75) is 12.8 Å². The molecule has 53 heavy (non-hydrogen) atoms. The molecule has 0 atom stereocenters. The topological polar surface area (TPSA) is 51.8 Å². The van der Waals surface area contributed by atoms with Crippen LogP contribution in [-0.2, 0) is 0 Å². The summed E-state index contributed by atoms with van der Waals surface area (Å²) in [5.41, 5.74) is 11.5. The normalized spacial score (nSPS) is 12.8. The Labute approximate surface area is 307 Å². The van der Waals surface area contributed by atoms with Crippen LogP contribution in [0.15, 0.2) is 180 Å². The van der Waals surface area contributed by atoms with Crippen molar-refractivity contribution >= 4 is 38.3 Å². The molecule has 0 spiro atoms. The van der Waals surface area contributed by atoms with E-state index in [2.05, 4.69) is 146 Å². The maximum atomic E-state index is 6.60. The number of nitrogens with zero attached hydrogens (tertiary/aromatic N) is 3. The van der Waals surface area contributed by atoms with Crippen LogP contribution in [0.25, 0.3) is 94.7 Å². The quantitative estimate of drug-likeness (QED) is 0.175. The van der Waals surface area contributed by atoms with Crippen molar-refractivity contribution in [3.05, 3.63) is 182 Å². The van der Waals surface area contributed by atoms with Gasteiger partial charge < -0.3 is 4.42 Å². The van der Waals surface area contributed by atoms with E-state index in [1.54, 1.807) is 0 Å². The van der Waals surface area contributed by atoms with Crippen LogP contribution in [0, 0.1) is 0 Å². The largest absolute Gasteiger partial charge is 0.456 e. The van der Waals surface area contributed by atoms with Gasteiger partial charge in [0.1, 0.15) is 11.2 Å². The van der Waals surface area contributed by atoms with Gasteiger partial charge in [0.15, 0.2) is 17.5 Å². The van der Waals surface area contributed by atoms with Crippen molar-refractivity contribution in [2.24, 2.45) is 0 Å². The van der Waals surface area contributed by atoms with Crippen LogP contribution in [0.3, 0.4) is 0 Å². The fraction of sp³-hybridized carbons (Fsp3) is 0.0408. The first-order valence-corrected chi connectivity index (χ1v) is 18.1. The average molecular weight is 680 g/mol. The molecule has 7 aromatic carbocycles. The van der Waals surface area contributed by atoms with E-state index in [4.69, 9.17) is 19.4 Å². The van der Waals surface area contributed by atoms with Gasteiger partial charge in [-0.05, 0) is 81.3 Å². The van der Waals surface area contributed by atoms with Crippen LogP contribution in [-0.4, -0.2) is 15.0 Å². The number of hydrogen-bond acceptors (Lipinski definition) is 4. The van der Waals surface area contributed by atoms with Crippen molar-refractivity contribution in [1.29, 1.82) is 0 Å². The lowest BCUT2D eigenvalue weighted by Crippen LogP contribution is -2.00. The Balaban J connectivity index is 1.06. The van der Waals surface area contributed by atoms with E-state index >= 15 is 0 Å². The van der Waals surface area contributed by atoms with Gasteiger partial charge in [0.25, 0.3) is 0 Å². The van der Waals surface area contributed by atoms with E-state index in [0.29, 0.717) is 17.5 Å². The minimum atomic E-state index is 0.632. The fourth-order valence-electron chi connectivity index (χ4n) is 7.40. The third kappa shape index (κ3) is 5.81. The molecular formula is C49H33N3O. The lowest BCUT2D eigenvalue weighted by Gasteiger charge is -2.11. The third-order valence-electron chi connectivity index (χ3n) is 10.1. The second kappa shape index (κ2) is 13.0. The lowest BCUT2D eigenvalue weighted by atomic mass is 9.93. The van der Waals surface area contributed by atoms with Crippen molar-refractivity contribution < 1.29 is 4.42 Å². The molecule has 0 bridgehead atoms. The SMILES string of the molecule is C1=CC(c2ccc(-c3nc(-c4ccccc4)nc(-c4ccc(-c5cc(-c6ccccc6)c6c(c5)oc5cc7ccccc7cc56)cc4)n3)cc2)=CCC1. The highest BCUT2D eigenvalue weighted by atomic mass is 16.3. The van der Waals surface area contributed by atoms with E-state index in [0.717, 1.165) is 73.7 Å². The molecule has 0 fully saturated rings. The van der Waals surface area contributed by atoms with E-state index in [1.807, 2.05) is 30.3 Å². The summed E-state index contributed by atoms with van der Waals surface area (Å²) in [6.07, 6.45) is 8.91. The van der Waals surface area contributed by atoms with E-state index in [1.165, 1.54) is 21.9 Å². The molecule has 10 rings (SSSR count). The van der Waals surface area contributed by atoms with Gasteiger partial charge in [0.05, 0.1) is 0 Å². The molecule has 250 valence electrons. The number of rotatable bonds is 6. The predicted molar refractivity (Wildman–Crippen MR) is 218 cm³/mol. The van der Waals surface area contributed by atoms with Crippen LogP contribution in [0.1, 0.15) is 18.4 Å². The Morgan fingerprint density at radius 2 is 0.962 bits per heavy atom. The summed E-state index contributed by atoms with van der Waals surface area (Å²) in [6.45, 7) is 0. The molecular weight excluding hydrogens is 647 g/mol. The molecule has 9 aromatic rings. The summed E-state index contributed by atoms with van der Waals surface area (Å²) in [4.78, 5) is 14.9. The summed E-state index contributed by atoms with van der Waals surface area (Å²) in [6, 6.07) is 55.0. The van der Waals surface area contributed by atoms with E-state index < -0.39 is 0 Å². The fourth-order valence-corrected chi connectivity index (χ4v) is 7.40. The maximum absolute atomic E-state index is 6.60. The highest BCUT2D eigenvalue weighted by Crippen LogP contribution is 2.41. The van der Waals surface area contributed by atoms with Gasteiger partial charge in [-0.15, -0.1) is 0 Å². The second-order valence-corrected chi connectivity index (χ2v) is 13.5. The smallest absolute Gasteiger partial charge is 0.164 e. The van der Waals surface area contributed by atoms with Crippen molar-refractivity contribution in [2.75, 3.05) is 0 Å². The average Bonchev–Trinajstić information content (AvgIpc) is 3.60. The van der Waals surface area contributed by atoms with Crippen LogP contribution in [0.5, 0.6) is 0 Å². The van der Waals surface area contributed by atoms with Gasteiger partial charge in [0, 0.05) is 27.5 Å². The molecule has 1 aliphatic carbocycles. The van der Waals surface area contributed by atoms with Crippen LogP contribution in [0.4, 0.5) is 0 Å². The first-order chi connectivity index (χ1) is 26.2. The van der Waals surface area contributed by atoms with Crippen molar-refractivity contribution in [3.63, 3.8) is 0 Å². The molecule has 2 heterocycles. The Hall–Kier alpha value is -6.91. The first kappa shape index (κ1) is 30.9. The molecule has 0 saturated heterocycles. The number of hydrogen-bond donors (Lipinski definition) is 0. The highest BCUT2D eigenvalue weighted by molar-refractivity contribution is 6.16. The molecule has 0 radical (unpaired) electrons. The van der Waals surface area contributed by atoms with Crippen LogP contribution < -0.4 is 0 Å². The highest BCUT2D eigenvalue weighted by Gasteiger charge is 2.17. The summed E-state index contributed by atoms with van der Waals surface area (Å²) in [7, 11) is 0. The lowest BCUT2D eigenvalue weighted by molar-refractivity contribution is 0.669. The third-order valence-corrected chi connectivity index (χ3v) is 10.1. The van der Waals surface area contributed by atoms with Crippen LogP contribution in [0.2, 0.25) is 0 Å². The van der Waals surface area contributed by atoms with E-state index in [-0.39, 0.29) is 0 Å². The van der Waals surface area contributed by atoms with E-state index in [9.17, 15) is 0 Å². The molecule has 4 nitrogen and oxygen atoms in total. The zero-order valence-electron chi connectivity index (χ0n) is 28.9. The Morgan fingerprint density at radius 3 is 1.58 bits per heavy atom. The molecule has 0 amide bonds. The molecule has 0 N–H and O–H groups in total. The molecule has 0 aliphatic heterocycles. The summed E-state index contributed by atoms with van der Waals surface area (Å²) >= 11 is 0. The van der Waals surface area contributed by atoms with Crippen molar-refractivity contribution in [1.82, 2.24) is 15.0 Å². The number of benzene rings is 7. The van der Waals surface area contributed by atoms with Gasteiger partial charge in [-0.1, -0.05) is 152 Å². The predicted octanol–water partition coefficient (Wildman–Crippen LogP) is 13.0. The number of furan rings is 1. The van der Waals surface area contributed by atoms with Gasteiger partial charge >= 0.3 is 0 Å². The van der Waals surface area contributed by atoms with Crippen molar-refractivity contribution in [3.8, 4) is 56.4 Å². The number of allylic oxidation sites excluding steroid dienone is 4. The summed E-state index contributed by atoms with van der Waals surface area (Å²) in [5.74, 6) is 1.92. The monoisotopic (exact) mass is 679 g/mol. The van der Waals surface area contributed by atoms with Gasteiger partial charge in [-0.3, -0.25) is 0 Å². The second-order valence-electron chi connectivity index (χ2n) is 13.5. The summed E-state index contributed by atoms with van der Waals surface area (Å²) < 4.78 is 6.60. The molecule has 4 heteroatoms. The minimum absolute atomic E-state index is 0.632. The van der Waals surface area contributed by atoms with Crippen LogP contribution >= 0.6 is 0 Å². The molecule has 1 aliphatic rings. The first-order valence-electron chi connectivity index (χ1n) is 18.1. The maximum Gasteiger partial charge on any atom is 0.164 e. The zero-order valence-corrected chi connectivity index (χ0v) is 28.9. The number of fused-ring (bicyclic) bond motifs is 4. The summed E-state index contributed by atoms with van der Waals surface area (Å²) in [5, 5.41) is 4.62. The number of aromatic nitrogens is 3.